The molecule has 0 saturated carbocycles. The molecule has 2 N–H and O–H groups in total. The fourth-order valence-electron chi connectivity index (χ4n) is 8.46. The zero-order valence-electron chi connectivity index (χ0n) is 26.4. The Morgan fingerprint density at radius 2 is 1.91 bits per heavy atom. The zero-order chi connectivity index (χ0) is 32.4. The molecule has 246 valence electrons. The number of phenols is 1. The first-order chi connectivity index (χ1) is 22.8. The van der Waals surface area contributed by atoms with Gasteiger partial charge in [-0.1, -0.05) is 18.7 Å². The molecule has 8 nitrogen and oxygen atoms in total. The second kappa shape index (κ2) is 11.6. The van der Waals surface area contributed by atoms with Crippen LogP contribution >= 0.6 is 0 Å². The quantitative estimate of drug-likeness (QED) is 0.229. The summed E-state index contributed by atoms with van der Waals surface area (Å²) < 4.78 is 59.3. The lowest BCUT2D eigenvalue weighted by Gasteiger charge is -2.35. The van der Waals surface area contributed by atoms with Crippen molar-refractivity contribution in [2.45, 2.75) is 62.8 Å². The summed E-state index contributed by atoms with van der Waals surface area (Å²) in [6.07, 6.45) is 4.74. The van der Waals surface area contributed by atoms with Gasteiger partial charge in [0.15, 0.2) is 5.82 Å². The van der Waals surface area contributed by atoms with E-state index in [-0.39, 0.29) is 65.0 Å². The van der Waals surface area contributed by atoms with E-state index in [2.05, 4.69) is 26.7 Å². The number of hydrogen-bond acceptors (Lipinski definition) is 8. The molecule has 1 aromatic heterocycles. The number of ether oxygens (including phenoxy) is 2. The van der Waals surface area contributed by atoms with Gasteiger partial charge >= 0.3 is 6.01 Å². The fourth-order valence-corrected chi connectivity index (χ4v) is 8.46. The molecule has 2 bridgehead atoms. The third-order valence-electron chi connectivity index (χ3n) is 10.5. The molecular formula is C36H38F3N5O3. The van der Waals surface area contributed by atoms with Crippen molar-refractivity contribution in [2.75, 3.05) is 44.3 Å². The third kappa shape index (κ3) is 5.06. The first kappa shape index (κ1) is 30.3. The summed E-state index contributed by atoms with van der Waals surface area (Å²) in [6, 6.07) is 8.10. The average molecular weight is 646 g/mol. The molecule has 0 amide bonds. The van der Waals surface area contributed by atoms with Crippen LogP contribution in [0.1, 0.15) is 44.6 Å². The lowest BCUT2D eigenvalue weighted by Crippen LogP contribution is -2.51. The second-order valence-electron chi connectivity index (χ2n) is 13.4. The smallest absolute Gasteiger partial charge is 0.319 e. The van der Waals surface area contributed by atoms with Gasteiger partial charge in [-0.3, -0.25) is 4.90 Å². The van der Waals surface area contributed by atoms with E-state index in [1.807, 2.05) is 0 Å². The molecule has 4 fully saturated rings. The van der Waals surface area contributed by atoms with Crippen LogP contribution in [-0.2, 0) is 0 Å². The van der Waals surface area contributed by atoms with Gasteiger partial charge in [0.05, 0.1) is 17.7 Å². The summed E-state index contributed by atoms with van der Waals surface area (Å²) in [4.78, 5) is 13.9. The Labute approximate surface area is 271 Å². The van der Waals surface area contributed by atoms with Crippen molar-refractivity contribution >= 4 is 33.6 Å². The van der Waals surface area contributed by atoms with Crippen molar-refractivity contribution in [1.82, 2.24) is 20.2 Å². The molecule has 3 aromatic carbocycles. The van der Waals surface area contributed by atoms with E-state index in [1.54, 1.807) is 19.1 Å². The number of rotatable bonds is 8. The number of benzene rings is 3. The van der Waals surface area contributed by atoms with E-state index in [4.69, 9.17) is 14.5 Å². The number of piperazine rings is 1. The van der Waals surface area contributed by atoms with Gasteiger partial charge < -0.3 is 24.8 Å². The highest BCUT2D eigenvalue weighted by Crippen LogP contribution is 2.46. The van der Waals surface area contributed by atoms with Crippen molar-refractivity contribution in [2.24, 2.45) is 0 Å². The van der Waals surface area contributed by atoms with Gasteiger partial charge in [-0.25, -0.2) is 13.2 Å². The SMILES string of the molecule is C=Cc1c(F)ccc2cc(O)cc(-c3c(OCC)cc4c(N5CC6CCC(C5)N6)nc(OC[C@@]56CCCN5C[C@H](F)C6)nc4c3F)c12. The zero-order valence-corrected chi connectivity index (χ0v) is 26.4. The van der Waals surface area contributed by atoms with Crippen LogP contribution in [-0.4, -0.2) is 83.2 Å². The predicted molar refractivity (Wildman–Crippen MR) is 176 cm³/mol. The normalized spacial score (nSPS) is 25.5. The van der Waals surface area contributed by atoms with E-state index in [0.29, 0.717) is 48.0 Å². The lowest BCUT2D eigenvalue weighted by molar-refractivity contribution is 0.107. The molecule has 47 heavy (non-hydrogen) atoms. The van der Waals surface area contributed by atoms with Crippen molar-refractivity contribution in [1.29, 1.82) is 0 Å². The maximum Gasteiger partial charge on any atom is 0.319 e. The summed E-state index contributed by atoms with van der Waals surface area (Å²) in [6.45, 7) is 8.64. The van der Waals surface area contributed by atoms with Crippen LogP contribution in [0.2, 0.25) is 0 Å². The Morgan fingerprint density at radius 1 is 1.11 bits per heavy atom. The van der Waals surface area contributed by atoms with Crippen LogP contribution in [0.3, 0.4) is 0 Å². The van der Waals surface area contributed by atoms with Gasteiger partial charge in [0.1, 0.15) is 41.4 Å². The molecule has 4 aliphatic heterocycles. The Morgan fingerprint density at radius 3 is 2.68 bits per heavy atom. The monoisotopic (exact) mass is 645 g/mol. The standard InChI is InChI=1S/C36H38F3N5O3/c1-3-25-28(38)9-6-20-12-24(45)13-26(30(20)25)31-29(46-4-2)14-27-33(32(31)39)41-35(42-34(27)43-17-22-7-8-23(18-43)40-22)47-19-36-10-5-11-44(36)16-21(37)15-36/h3,6,9,12-14,21-23,40,45H,1,4-5,7-8,10-11,15-19H2,2H3/t21-,22?,23?,36+/m1/s1. The summed E-state index contributed by atoms with van der Waals surface area (Å²) in [5.74, 6) is -0.559. The highest BCUT2D eigenvalue weighted by molar-refractivity contribution is 6.06. The number of anilines is 1. The highest BCUT2D eigenvalue weighted by atomic mass is 19.1. The summed E-state index contributed by atoms with van der Waals surface area (Å²) in [5, 5.41) is 15.8. The Bertz CT molecular complexity index is 1890. The number of aromatic hydroxyl groups is 1. The van der Waals surface area contributed by atoms with E-state index in [9.17, 15) is 9.50 Å². The lowest BCUT2D eigenvalue weighted by atomic mass is 9.92. The number of hydrogen-bond donors (Lipinski definition) is 2. The van der Waals surface area contributed by atoms with Gasteiger partial charge in [-0.05, 0) is 68.8 Å². The first-order valence-electron chi connectivity index (χ1n) is 16.5. The van der Waals surface area contributed by atoms with Crippen molar-refractivity contribution in [3.05, 3.63) is 54.1 Å². The molecule has 11 heteroatoms. The Kier molecular flexibility index (Phi) is 7.44. The molecule has 4 saturated heterocycles. The average Bonchev–Trinajstić information content (AvgIpc) is 3.70. The minimum Gasteiger partial charge on any atom is -0.508 e. The molecule has 8 rings (SSSR count). The second-order valence-corrected chi connectivity index (χ2v) is 13.4. The number of alkyl halides is 1. The molecule has 4 aromatic rings. The third-order valence-corrected chi connectivity index (χ3v) is 10.5. The molecule has 5 heterocycles. The molecule has 0 spiro atoms. The minimum atomic E-state index is -0.914. The number of nitrogens with one attached hydrogen (secondary N) is 1. The fraction of sp³-hybridized carbons (Fsp3) is 0.444. The predicted octanol–water partition coefficient (Wildman–Crippen LogP) is 6.37. The molecule has 0 radical (unpaired) electrons. The van der Waals surface area contributed by atoms with Crippen LogP contribution in [0, 0.1) is 11.6 Å². The minimum absolute atomic E-state index is 0.0227. The van der Waals surface area contributed by atoms with E-state index >= 15 is 8.78 Å². The number of nitrogens with zero attached hydrogens (tertiary/aromatic N) is 4. The van der Waals surface area contributed by atoms with Gasteiger partial charge in [0, 0.05) is 60.0 Å². The number of aromatic nitrogens is 2. The van der Waals surface area contributed by atoms with Crippen molar-refractivity contribution in [3.8, 4) is 28.6 Å². The molecule has 0 aliphatic carbocycles. The van der Waals surface area contributed by atoms with Crippen LogP contribution < -0.4 is 19.7 Å². The van der Waals surface area contributed by atoms with Crippen LogP contribution in [0.5, 0.6) is 17.5 Å². The first-order valence-corrected chi connectivity index (χ1v) is 16.5. The topological polar surface area (TPSA) is 83.0 Å². The maximum absolute atomic E-state index is 17.3. The van der Waals surface area contributed by atoms with Crippen LogP contribution in [0.25, 0.3) is 38.9 Å². The van der Waals surface area contributed by atoms with E-state index < -0.39 is 23.3 Å². The van der Waals surface area contributed by atoms with E-state index in [1.165, 1.54) is 24.3 Å². The number of phenolic OH excluding ortho intramolecular Hbond substituents is 1. The molecule has 4 atom stereocenters. The summed E-state index contributed by atoms with van der Waals surface area (Å²) in [7, 11) is 0. The summed E-state index contributed by atoms with van der Waals surface area (Å²) in [5.41, 5.74) is 0.0755. The highest BCUT2D eigenvalue weighted by Gasteiger charge is 2.49. The number of fused-ring (bicyclic) bond motifs is 5. The van der Waals surface area contributed by atoms with Gasteiger partial charge in [0.2, 0.25) is 0 Å². The van der Waals surface area contributed by atoms with Gasteiger partial charge in [0.25, 0.3) is 0 Å². The van der Waals surface area contributed by atoms with Gasteiger partial charge in [-0.15, -0.1) is 0 Å². The van der Waals surface area contributed by atoms with Crippen LogP contribution in [0.15, 0.2) is 36.9 Å². The van der Waals surface area contributed by atoms with Gasteiger partial charge in [-0.2, -0.15) is 9.97 Å². The number of halogens is 3. The van der Waals surface area contributed by atoms with E-state index in [0.717, 1.165) is 32.2 Å². The molecule has 2 unspecified atom stereocenters. The maximum atomic E-state index is 17.3. The van der Waals surface area contributed by atoms with Crippen LogP contribution in [0.4, 0.5) is 19.0 Å². The van der Waals surface area contributed by atoms with Crippen molar-refractivity contribution < 1.29 is 27.8 Å². The largest absolute Gasteiger partial charge is 0.508 e. The Hall–Kier alpha value is -4.09. The van der Waals surface area contributed by atoms with Crippen molar-refractivity contribution in [3.63, 3.8) is 0 Å². The summed E-state index contributed by atoms with van der Waals surface area (Å²) >= 11 is 0. The Balaban J connectivity index is 1.33. The molecular weight excluding hydrogens is 607 g/mol. The molecule has 4 aliphatic rings.